The van der Waals surface area contributed by atoms with E-state index in [0.717, 1.165) is 11.3 Å². The molecule has 26 heavy (non-hydrogen) atoms. The first kappa shape index (κ1) is 17.7. The van der Waals surface area contributed by atoms with Gasteiger partial charge < -0.3 is 14.6 Å². The van der Waals surface area contributed by atoms with Crippen LogP contribution >= 0.6 is 0 Å². The summed E-state index contributed by atoms with van der Waals surface area (Å²) in [5.41, 5.74) is 1.81. The fourth-order valence-electron chi connectivity index (χ4n) is 2.66. The van der Waals surface area contributed by atoms with Gasteiger partial charge >= 0.3 is 0 Å². The molecular formula is C20H19FN2O3. The van der Waals surface area contributed by atoms with E-state index in [1.165, 1.54) is 6.07 Å². The third-order valence-corrected chi connectivity index (χ3v) is 3.95. The van der Waals surface area contributed by atoms with Gasteiger partial charge in [-0.05, 0) is 30.2 Å². The highest BCUT2D eigenvalue weighted by Gasteiger charge is 2.13. The van der Waals surface area contributed by atoms with Gasteiger partial charge in [-0.15, -0.1) is 0 Å². The molecule has 0 atom stereocenters. The average molecular weight is 354 g/mol. The van der Waals surface area contributed by atoms with Gasteiger partial charge in [0.1, 0.15) is 11.6 Å². The Morgan fingerprint density at radius 3 is 2.77 bits per heavy atom. The lowest BCUT2D eigenvalue weighted by Crippen LogP contribution is -2.27. The van der Waals surface area contributed by atoms with Crippen LogP contribution in [0.15, 0.2) is 59.1 Å². The Bertz CT molecular complexity index is 892. The fraction of sp³-hybridized carbons (Fsp3) is 0.200. The molecule has 1 heterocycles. The van der Waals surface area contributed by atoms with Gasteiger partial charge in [0, 0.05) is 12.6 Å². The van der Waals surface area contributed by atoms with Crippen molar-refractivity contribution in [2.24, 2.45) is 0 Å². The molecule has 2 aromatic carbocycles. The zero-order valence-corrected chi connectivity index (χ0v) is 14.4. The first-order valence-corrected chi connectivity index (χ1v) is 8.26. The van der Waals surface area contributed by atoms with Gasteiger partial charge in [-0.25, -0.2) is 4.39 Å². The number of carbonyl (C=O) groups is 1. The number of carbonyl (C=O) groups excluding carboxylic acids is 1. The van der Waals surface area contributed by atoms with Crippen LogP contribution in [-0.2, 0) is 17.6 Å². The SMILES string of the molecule is COc1ccccc1CCNC(=O)Cc1cc(-c2ccccc2F)on1. The van der Waals surface area contributed by atoms with Gasteiger partial charge in [-0.2, -0.15) is 0 Å². The molecule has 0 radical (unpaired) electrons. The first-order valence-electron chi connectivity index (χ1n) is 8.26. The van der Waals surface area contributed by atoms with E-state index in [0.29, 0.717) is 30.0 Å². The average Bonchev–Trinajstić information content (AvgIpc) is 3.10. The molecule has 3 rings (SSSR count). The molecule has 1 amide bonds. The molecule has 134 valence electrons. The number of nitrogens with zero attached hydrogens (tertiary/aromatic N) is 1. The summed E-state index contributed by atoms with van der Waals surface area (Å²) in [6.07, 6.45) is 0.735. The summed E-state index contributed by atoms with van der Waals surface area (Å²) < 4.78 is 24.2. The lowest BCUT2D eigenvalue weighted by molar-refractivity contribution is -0.120. The van der Waals surface area contributed by atoms with Crippen molar-refractivity contribution in [3.05, 3.63) is 71.7 Å². The van der Waals surface area contributed by atoms with Gasteiger partial charge in [0.25, 0.3) is 0 Å². The normalized spacial score (nSPS) is 10.5. The van der Waals surface area contributed by atoms with E-state index in [9.17, 15) is 9.18 Å². The number of amides is 1. The summed E-state index contributed by atoms with van der Waals surface area (Å²) in [4.78, 5) is 12.1. The molecule has 0 saturated carbocycles. The van der Waals surface area contributed by atoms with Crippen LogP contribution in [0.4, 0.5) is 4.39 Å². The highest BCUT2D eigenvalue weighted by Crippen LogP contribution is 2.23. The number of benzene rings is 2. The predicted molar refractivity (Wildman–Crippen MR) is 95.3 cm³/mol. The molecule has 6 heteroatoms. The molecule has 1 aromatic heterocycles. The third-order valence-electron chi connectivity index (χ3n) is 3.95. The minimum Gasteiger partial charge on any atom is -0.496 e. The zero-order valence-electron chi connectivity index (χ0n) is 14.4. The summed E-state index contributed by atoms with van der Waals surface area (Å²) in [7, 11) is 1.62. The second-order valence-electron chi connectivity index (χ2n) is 5.75. The molecule has 0 aliphatic carbocycles. The third kappa shape index (κ3) is 4.27. The molecule has 0 spiro atoms. The van der Waals surface area contributed by atoms with Crippen LogP contribution in [0.3, 0.4) is 0 Å². The van der Waals surface area contributed by atoms with Crippen molar-refractivity contribution in [1.82, 2.24) is 10.5 Å². The molecule has 0 aliphatic rings. The molecule has 0 fully saturated rings. The number of rotatable bonds is 7. The van der Waals surface area contributed by atoms with Gasteiger partial charge in [0.15, 0.2) is 5.76 Å². The highest BCUT2D eigenvalue weighted by atomic mass is 19.1. The Balaban J connectivity index is 1.53. The number of hydrogen-bond donors (Lipinski definition) is 1. The summed E-state index contributed by atoms with van der Waals surface area (Å²) in [5, 5.41) is 6.69. The van der Waals surface area contributed by atoms with Crippen molar-refractivity contribution < 1.29 is 18.4 Å². The van der Waals surface area contributed by atoms with Gasteiger partial charge in [0.2, 0.25) is 5.91 Å². The maximum Gasteiger partial charge on any atom is 0.226 e. The van der Waals surface area contributed by atoms with E-state index in [1.54, 1.807) is 31.4 Å². The van der Waals surface area contributed by atoms with Crippen LogP contribution in [0.2, 0.25) is 0 Å². The molecule has 0 saturated heterocycles. The number of methoxy groups -OCH3 is 1. The van der Waals surface area contributed by atoms with Crippen LogP contribution in [0.25, 0.3) is 11.3 Å². The quantitative estimate of drug-likeness (QED) is 0.706. The van der Waals surface area contributed by atoms with Crippen LogP contribution < -0.4 is 10.1 Å². The van der Waals surface area contributed by atoms with Crippen molar-refractivity contribution in [3.63, 3.8) is 0 Å². The highest BCUT2D eigenvalue weighted by molar-refractivity contribution is 5.78. The Morgan fingerprint density at radius 2 is 1.96 bits per heavy atom. The molecule has 3 aromatic rings. The van der Waals surface area contributed by atoms with E-state index in [2.05, 4.69) is 10.5 Å². The van der Waals surface area contributed by atoms with Crippen LogP contribution in [0, 0.1) is 5.82 Å². The van der Waals surface area contributed by atoms with Crippen LogP contribution in [0.5, 0.6) is 5.75 Å². The van der Waals surface area contributed by atoms with Gasteiger partial charge in [-0.1, -0.05) is 35.5 Å². The van der Waals surface area contributed by atoms with Gasteiger partial charge in [-0.3, -0.25) is 4.79 Å². The van der Waals surface area contributed by atoms with E-state index in [-0.39, 0.29) is 12.3 Å². The van der Waals surface area contributed by atoms with Crippen molar-refractivity contribution >= 4 is 5.91 Å². The summed E-state index contributed by atoms with van der Waals surface area (Å²) in [6, 6.07) is 15.5. The molecular weight excluding hydrogens is 335 g/mol. The first-order chi connectivity index (χ1) is 12.7. The lowest BCUT2D eigenvalue weighted by Gasteiger charge is -2.08. The number of ether oxygens (including phenoxy) is 1. The molecule has 0 aliphatic heterocycles. The predicted octanol–water partition coefficient (Wildman–Crippen LogP) is 3.39. The second kappa shape index (κ2) is 8.29. The Kier molecular flexibility index (Phi) is 5.63. The van der Waals surface area contributed by atoms with E-state index >= 15 is 0 Å². The van der Waals surface area contributed by atoms with Crippen molar-refractivity contribution in [3.8, 4) is 17.1 Å². The number of aromatic nitrogens is 1. The van der Waals surface area contributed by atoms with Crippen molar-refractivity contribution in [2.45, 2.75) is 12.8 Å². The van der Waals surface area contributed by atoms with E-state index in [1.807, 2.05) is 24.3 Å². The minimum atomic E-state index is -0.392. The molecule has 0 unspecified atom stereocenters. The Morgan fingerprint density at radius 1 is 1.19 bits per heavy atom. The Labute approximate surface area is 150 Å². The second-order valence-corrected chi connectivity index (χ2v) is 5.75. The van der Waals surface area contributed by atoms with Crippen molar-refractivity contribution in [1.29, 1.82) is 0 Å². The standard InChI is InChI=1S/C20H19FN2O3/c1-25-18-9-5-2-6-14(18)10-11-22-20(24)13-15-12-19(26-23-15)16-7-3-4-8-17(16)21/h2-9,12H,10-11,13H2,1H3,(H,22,24). The number of para-hydroxylation sites is 1. The van der Waals surface area contributed by atoms with Crippen molar-refractivity contribution in [2.75, 3.05) is 13.7 Å². The summed E-state index contributed by atoms with van der Waals surface area (Å²) in [5.74, 6) is 0.539. The van der Waals surface area contributed by atoms with E-state index < -0.39 is 5.82 Å². The maximum absolute atomic E-state index is 13.8. The number of nitrogens with one attached hydrogen (secondary N) is 1. The summed E-state index contributed by atoms with van der Waals surface area (Å²) >= 11 is 0. The van der Waals surface area contributed by atoms with Crippen LogP contribution in [0.1, 0.15) is 11.3 Å². The molecule has 5 nitrogen and oxygen atoms in total. The number of hydrogen-bond acceptors (Lipinski definition) is 4. The monoisotopic (exact) mass is 354 g/mol. The maximum atomic E-state index is 13.8. The lowest BCUT2D eigenvalue weighted by atomic mass is 10.1. The summed E-state index contributed by atoms with van der Waals surface area (Å²) in [6.45, 7) is 0.483. The minimum absolute atomic E-state index is 0.0733. The fourth-order valence-corrected chi connectivity index (χ4v) is 2.66. The smallest absolute Gasteiger partial charge is 0.226 e. The topological polar surface area (TPSA) is 64.4 Å². The molecule has 1 N–H and O–H groups in total. The van der Waals surface area contributed by atoms with Crippen LogP contribution in [-0.4, -0.2) is 24.7 Å². The molecule has 0 bridgehead atoms. The zero-order chi connectivity index (χ0) is 18.4. The van der Waals surface area contributed by atoms with E-state index in [4.69, 9.17) is 9.26 Å². The Hall–Kier alpha value is -3.15. The number of halogens is 1. The van der Waals surface area contributed by atoms with Gasteiger partial charge in [0.05, 0.1) is 24.8 Å². The largest absolute Gasteiger partial charge is 0.496 e.